The smallest absolute Gasteiger partial charge is 0.335 e. The maximum Gasteiger partial charge on any atom is 0.335 e. The monoisotopic (exact) mass is 475 g/mol. The van der Waals surface area contributed by atoms with E-state index in [9.17, 15) is 29.0 Å². The van der Waals surface area contributed by atoms with Crippen LogP contribution >= 0.6 is 11.3 Å². The van der Waals surface area contributed by atoms with Gasteiger partial charge in [0, 0.05) is 11.8 Å². The van der Waals surface area contributed by atoms with Crippen molar-refractivity contribution >= 4 is 50.1 Å². The van der Waals surface area contributed by atoms with Crippen molar-refractivity contribution in [2.24, 2.45) is 0 Å². The predicted octanol–water partition coefficient (Wildman–Crippen LogP) is 4.15. The highest BCUT2D eigenvalue weighted by atomic mass is 32.1. The Kier molecular flexibility index (Phi) is 5.14. The number of carbonyl (C=O) groups excluding carboxylic acids is 2. The first-order valence-electron chi connectivity index (χ1n) is 9.97. The Morgan fingerprint density at radius 3 is 2.41 bits per heavy atom. The van der Waals surface area contributed by atoms with Gasteiger partial charge in [0.2, 0.25) is 0 Å². The zero-order chi connectivity index (χ0) is 24.0. The summed E-state index contributed by atoms with van der Waals surface area (Å²) in [4.78, 5) is 47.4. The Morgan fingerprint density at radius 1 is 1.00 bits per heavy atom. The number of aliphatic hydroxyl groups is 1. The lowest BCUT2D eigenvalue weighted by atomic mass is 9.98. The largest absolute Gasteiger partial charge is 0.507 e. The fourth-order valence-electron chi connectivity index (χ4n) is 3.76. The second kappa shape index (κ2) is 8.16. The number of aliphatic hydroxyl groups excluding tert-OH is 1. The fourth-order valence-corrected chi connectivity index (χ4v) is 4.79. The van der Waals surface area contributed by atoms with E-state index < -0.39 is 35.3 Å². The van der Waals surface area contributed by atoms with E-state index >= 15 is 0 Å². The molecule has 4 aromatic rings. The number of anilines is 1. The number of rotatable bonds is 4. The third-order valence-corrected chi connectivity index (χ3v) is 6.38. The number of carboxylic acids is 1. The number of hydrogen-bond acceptors (Lipinski definition) is 7. The molecule has 8 nitrogen and oxygen atoms in total. The molecule has 1 amide bonds. The first-order valence-corrected chi connectivity index (χ1v) is 10.8. The molecule has 10 heteroatoms. The minimum atomic E-state index is -1.11. The summed E-state index contributed by atoms with van der Waals surface area (Å²) in [6.45, 7) is 0. The Labute approximate surface area is 195 Å². The second-order valence-corrected chi connectivity index (χ2v) is 8.42. The molecule has 3 heterocycles. The van der Waals surface area contributed by atoms with E-state index in [0.29, 0.717) is 15.9 Å². The molecule has 1 saturated heterocycles. The van der Waals surface area contributed by atoms with Gasteiger partial charge >= 0.3 is 11.9 Å². The first-order chi connectivity index (χ1) is 16.3. The number of hydrogen-bond donors (Lipinski definition) is 2. The molecule has 1 atom stereocenters. The zero-order valence-electron chi connectivity index (χ0n) is 17.2. The number of fused-ring (bicyclic) bond motifs is 1. The summed E-state index contributed by atoms with van der Waals surface area (Å²) in [6.07, 6.45) is 1.49. The van der Waals surface area contributed by atoms with E-state index in [1.54, 1.807) is 18.2 Å². The lowest BCUT2D eigenvalue weighted by Gasteiger charge is -2.21. The SMILES string of the molecule is O=C1C(=O)N(c2nc3ccc(C(=O)O)cc3s2)C(c2ccccn2)/C1=C(\O)c1ccc(F)cc1. The summed E-state index contributed by atoms with van der Waals surface area (Å²) in [6, 6.07) is 13.1. The van der Waals surface area contributed by atoms with Gasteiger partial charge in [-0.05, 0) is 54.6 Å². The predicted molar refractivity (Wildman–Crippen MR) is 122 cm³/mol. The van der Waals surface area contributed by atoms with E-state index in [0.717, 1.165) is 28.4 Å². The number of halogens is 1. The molecule has 5 rings (SSSR count). The molecule has 34 heavy (non-hydrogen) atoms. The topological polar surface area (TPSA) is 121 Å². The first kappa shape index (κ1) is 21.4. The molecule has 1 aliphatic heterocycles. The second-order valence-electron chi connectivity index (χ2n) is 7.41. The quantitative estimate of drug-likeness (QED) is 0.258. The van der Waals surface area contributed by atoms with Gasteiger partial charge in [0.25, 0.3) is 5.78 Å². The van der Waals surface area contributed by atoms with Crippen LogP contribution in [0, 0.1) is 5.82 Å². The summed E-state index contributed by atoms with van der Waals surface area (Å²) < 4.78 is 13.9. The van der Waals surface area contributed by atoms with Crippen LogP contribution in [0.4, 0.5) is 9.52 Å². The van der Waals surface area contributed by atoms with Crippen LogP contribution in [0.15, 0.2) is 72.4 Å². The Balaban J connectivity index is 1.70. The van der Waals surface area contributed by atoms with E-state index in [1.165, 1.54) is 36.5 Å². The van der Waals surface area contributed by atoms with Crippen molar-refractivity contribution < 1.29 is 29.0 Å². The molecule has 0 spiro atoms. The van der Waals surface area contributed by atoms with Crippen LogP contribution in [-0.2, 0) is 9.59 Å². The molecule has 0 radical (unpaired) electrons. The fraction of sp³-hybridized carbons (Fsp3) is 0.0417. The molecule has 0 bridgehead atoms. The number of pyridine rings is 1. The van der Waals surface area contributed by atoms with Crippen LogP contribution in [-0.4, -0.2) is 37.8 Å². The van der Waals surface area contributed by atoms with Crippen molar-refractivity contribution in [3.8, 4) is 0 Å². The molecule has 0 aliphatic carbocycles. The van der Waals surface area contributed by atoms with E-state index in [-0.39, 0.29) is 21.8 Å². The zero-order valence-corrected chi connectivity index (χ0v) is 18.0. The standard InChI is InChI=1S/C24H14FN3O5S/c25-14-7-4-12(5-8-14)20(29)18-19(16-3-1-2-10-26-16)28(22(31)21(18)30)24-27-15-9-6-13(23(32)33)11-17(15)34-24/h1-11,19,29H,(H,32,33)/b20-18+. The van der Waals surface area contributed by atoms with Crippen LogP contribution < -0.4 is 4.90 Å². The van der Waals surface area contributed by atoms with Crippen LogP contribution in [0.5, 0.6) is 0 Å². The summed E-state index contributed by atoms with van der Waals surface area (Å²) in [7, 11) is 0. The number of carboxylic acid groups (broad SMARTS) is 1. The van der Waals surface area contributed by atoms with E-state index in [4.69, 9.17) is 0 Å². The van der Waals surface area contributed by atoms with E-state index in [1.807, 2.05) is 0 Å². The van der Waals surface area contributed by atoms with Gasteiger partial charge in [0.1, 0.15) is 17.6 Å². The molecule has 1 fully saturated rings. The maximum absolute atomic E-state index is 13.4. The number of ketones is 1. The maximum atomic E-state index is 13.4. The normalized spacial score (nSPS) is 17.4. The number of aromatic carboxylic acids is 1. The number of aromatic nitrogens is 2. The Bertz CT molecular complexity index is 1500. The highest BCUT2D eigenvalue weighted by Gasteiger charge is 2.48. The number of thiazole rings is 1. The van der Waals surface area contributed by atoms with Crippen LogP contribution in [0.25, 0.3) is 16.0 Å². The molecule has 2 aromatic heterocycles. The summed E-state index contributed by atoms with van der Waals surface area (Å²) in [5, 5.41) is 20.4. The summed E-state index contributed by atoms with van der Waals surface area (Å²) >= 11 is 1.04. The average molecular weight is 475 g/mol. The Hall–Kier alpha value is -4.44. The molecular formula is C24H14FN3O5S. The van der Waals surface area contributed by atoms with Gasteiger partial charge in [-0.2, -0.15) is 0 Å². The molecule has 1 unspecified atom stereocenters. The van der Waals surface area contributed by atoms with Gasteiger partial charge in [-0.15, -0.1) is 0 Å². The van der Waals surface area contributed by atoms with Gasteiger partial charge < -0.3 is 10.2 Å². The minimum absolute atomic E-state index is 0.0577. The third kappa shape index (κ3) is 3.50. The average Bonchev–Trinajstić information content (AvgIpc) is 3.37. The molecule has 1 aliphatic rings. The van der Waals surface area contributed by atoms with Crippen molar-refractivity contribution in [1.82, 2.24) is 9.97 Å². The number of benzene rings is 2. The van der Waals surface area contributed by atoms with Crippen LogP contribution in [0.2, 0.25) is 0 Å². The minimum Gasteiger partial charge on any atom is -0.507 e. The molecule has 0 saturated carbocycles. The third-order valence-electron chi connectivity index (χ3n) is 5.36. The van der Waals surface area contributed by atoms with Gasteiger partial charge in [-0.1, -0.05) is 17.4 Å². The molecular weight excluding hydrogens is 461 g/mol. The van der Waals surface area contributed by atoms with Crippen molar-refractivity contribution in [3.63, 3.8) is 0 Å². The molecule has 2 aromatic carbocycles. The lowest BCUT2D eigenvalue weighted by molar-refractivity contribution is -0.132. The van der Waals surface area contributed by atoms with Crippen LogP contribution in [0.1, 0.15) is 27.7 Å². The van der Waals surface area contributed by atoms with Gasteiger partial charge in [0.15, 0.2) is 5.13 Å². The Morgan fingerprint density at radius 2 is 1.74 bits per heavy atom. The summed E-state index contributed by atoms with van der Waals surface area (Å²) in [5.41, 5.74) is 0.778. The van der Waals surface area contributed by atoms with E-state index in [2.05, 4.69) is 9.97 Å². The number of amides is 1. The molecule has 2 N–H and O–H groups in total. The van der Waals surface area contributed by atoms with Crippen LogP contribution in [0.3, 0.4) is 0 Å². The van der Waals surface area contributed by atoms with Gasteiger partial charge in [-0.3, -0.25) is 19.5 Å². The van der Waals surface area contributed by atoms with Gasteiger partial charge in [-0.25, -0.2) is 14.2 Å². The highest BCUT2D eigenvalue weighted by molar-refractivity contribution is 7.22. The van der Waals surface area contributed by atoms with Crippen molar-refractivity contribution in [3.05, 3.63) is 95.1 Å². The summed E-state index contributed by atoms with van der Waals surface area (Å²) in [5.74, 6) is -3.95. The van der Waals surface area contributed by atoms with Crippen molar-refractivity contribution in [2.75, 3.05) is 4.90 Å². The van der Waals surface area contributed by atoms with Crippen molar-refractivity contribution in [1.29, 1.82) is 0 Å². The molecule has 168 valence electrons. The highest BCUT2D eigenvalue weighted by Crippen LogP contribution is 2.43. The lowest BCUT2D eigenvalue weighted by Crippen LogP contribution is -2.29. The number of carbonyl (C=O) groups is 3. The number of nitrogens with zero attached hydrogens (tertiary/aromatic N) is 3. The van der Waals surface area contributed by atoms with Gasteiger partial charge in [0.05, 0.1) is 27.0 Å². The number of Topliss-reactive ketones (excluding diaryl/α,β-unsaturated/α-hetero) is 1. The van der Waals surface area contributed by atoms with Crippen molar-refractivity contribution in [2.45, 2.75) is 6.04 Å².